The first kappa shape index (κ1) is 28.5. The second kappa shape index (κ2) is 11.7. The van der Waals surface area contributed by atoms with Gasteiger partial charge in [0.25, 0.3) is 5.91 Å². The maximum atomic E-state index is 13.9. The fourth-order valence-corrected chi connectivity index (χ4v) is 5.05. The molecule has 3 aromatic rings. The van der Waals surface area contributed by atoms with Gasteiger partial charge in [0.05, 0.1) is 30.4 Å². The molecule has 1 fully saturated rings. The van der Waals surface area contributed by atoms with E-state index in [1.165, 1.54) is 6.07 Å². The molecule has 0 bridgehead atoms. The Kier molecular flexibility index (Phi) is 8.54. The van der Waals surface area contributed by atoms with Crippen LogP contribution >= 0.6 is 11.6 Å². The van der Waals surface area contributed by atoms with Gasteiger partial charge in [0.2, 0.25) is 0 Å². The fraction of sp³-hybridized carbons (Fsp3) is 0.333. The number of hydrogen-bond donors (Lipinski definition) is 1. The number of nitrogens with one attached hydrogen (secondary N) is 1. The Labute approximate surface area is 230 Å². The van der Waals surface area contributed by atoms with E-state index < -0.39 is 35.2 Å². The first-order chi connectivity index (χ1) is 18.5. The molecule has 1 aliphatic carbocycles. The number of carbonyl (C=O) groups excluding carboxylic acids is 2. The minimum absolute atomic E-state index is 0.110. The molecule has 1 N–H and O–H groups in total. The van der Waals surface area contributed by atoms with Crippen molar-refractivity contribution in [3.05, 3.63) is 93.0 Å². The van der Waals surface area contributed by atoms with Crippen LogP contribution in [0, 0.1) is 19.8 Å². The summed E-state index contributed by atoms with van der Waals surface area (Å²) < 4.78 is 52.6. The third kappa shape index (κ3) is 6.74. The molecule has 1 aliphatic rings. The van der Waals surface area contributed by atoms with E-state index in [9.17, 15) is 22.8 Å². The number of hydrogen-bond acceptors (Lipinski definition) is 4. The summed E-state index contributed by atoms with van der Waals surface area (Å²) in [4.78, 5) is 25.3. The maximum absolute atomic E-state index is 13.9. The topological polar surface area (TPSA) is 64.6 Å². The molecule has 0 spiro atoms. The number of esters is 1. The average Bonchev–Trinajstić information content (AvgIpc) is 3.66. The summed E-state index contributed by atoms with van der Waals surface area (Å²) in [6, 6.07) is 15.3. The Morgan fingerprint density at radius 2 is 1.72 bits per heavy atom. The Balaban J connectivity index is 1.55. The summed E-state index contributed by atoms with van der Waals surface area (Å²) in [6.45, 7) is 5.74. The van der Waals surface area contributed by atoms with E-state index in [1.54, 1.807) is 32.9 Å². The molecule has 5 nitrogen and oxygen atoms in total. The van der Waals surface area contributed by atoms with Crippen molar-refractivity contribution in [3.63, 3.8) is 0 Å². The number of anilines is 1. The van der Waals surface area contributed by atoms with Crippen molar-refractivity contribution in [2.24, 2.45) is 5.92 Å². The van der Waals surface area contributed by atoms with Crippen LogP contribution < -0.4 is 10.1 Å². The Morgan fingerprint density at radius 1 is 1.05 bits per heavy atom. The number of ether oxygens (including phenoxy) is 2. The highest BCUT2D eigenvalue weighted by atomic mass is 35.5. The second-order valence-electron chi connectivity index (χ2n) is 9.59. The molecule has 9 heteroatoms. The zero-order valence-corrected chi connectivity index (χ0v) is 22.6. The monoisotopic (exact) mass is 559 g/mol. The van der Waals surface area contributed by atoms with Crippen LogP contribution in [-0.2, 0) is 22.1 Å². The molecule has 0 radical (unpaired) electrons. The molecule has 1 amide bonds. The fourth-order valence-electron chi connectivity index (χ4n) is 4.74. The summed E-state index contributed by atoms with van der Waals surface area (Å²) in [5.41, 5.74) is 1.41. The van der Waals surface area contributed by atoms with Crippen LogP contribution in [0.4, 0.5) is 18.9 Å². The highest BCUT2D eigenvalue weighted by molar-refractivity contribution is 6.31. The minimum atomic E-state index is -4.75. The van der Waals surface area contributed by atoms with Gasteiger partial charge in [-0.05, 0) is 79.6 Å². The van der Waals surface area contributed by atoms with Gasteiger partial charge in [-0.2, -0.15) is 13.2 Å². The Bertz CT molecular complexity index is 1350. The van der Waals surface area contributed by atoms with Gasteiger partial charge in [0.15, 0.2) is 0 Å². The van der Waals surface area contributed by atoms with Gasteiger partial charge in [-0.25, -0.2) is 0 Å². The number of aryl methyl sites for hydroxylation is 2. The normalized spacial score (nSPS) is 16.5. The summed E-state index contributed by atoms with van der Waals surface area (Å²) in [6.07, 6.45) is -3.63. The van der Waals surface area contributed by atoms with Crippen molar-refractivity contribution in [2.45, 2.75) is 45.7 Å². The van der Waals surface area contributed by atoms with Crippen molar-refractivity contribution in [1.29, 1.82) is 0 Å². The lowest BCUT2D eigenvalue weighted by Gasteiger charge is -2.18. The van der Waals surface area contributed by atoms with Crippen LogP contribution in [0.5, 0.6) is 5.75 Å². The number of benzene rings is 3. The van der Waals surface area contributed by atoms with Crippen LogP contribution in [0.15, 0.2) is 54.6 Å². The molecule has 2 atom stereocenters. The molecule has 1 saturated carbocycles. The largest absolute Gasteiger partial charge is 0.493 e. The van der Waals surface area contributed by atoms with E-state index in [2.05, 4.69) is 5.32 Å². The van der Waals surface area contributed by atoms with E-state index in [4.69, 9.17) is 21.1 Å². The average molecular weight is 560 g/mol. The highest BCUT2D eigenvalue weighted by Crippen LogP contribution is 2.52. The van der Waals surface area contributed by atoms with Crippen molar-refractivity contribution in [3.8, 4) is 5.75 Å². The van der Waals surface area contributed by atoms with Crippen LogP contribution in [0.2, 0.25) is 5.02 Å². The lowest BCUT2D eigenvalue weighted by Crippen LogP contribution is -2.19. The van der Waals surface area contributed by atoms with E-state index in [0.717, 1.165) is 11.6 Å². The van der Waals surface area contributed by atoms with E-state index >= 15 is 0 Å². The second-order valence-corrected chi connectivity index (χ2v) is 10.00. The minimum Gasteiger partial charge on any atom is -0.493 e. The molecule has 0 unspecified atom stereocenters. The molecule has 206 valence electrons. The molecular formula is C30H29ClF3NO4. The van der Waals surface area contributed by atoms with Gasteiger partial charge < -0.3 is 14.8 Å². The lowest BCUT2D eigenvalue weighted by atomic mass is 10.00. The first-order valence-corrected chi connectivity index (χ1v) is 13.0. The number of rotatable bonds is 9. The molecule has 0 saturated heterocycles. The number of amides is 1. The van der Waals surface area contributed by atoms with Gasteiger partial charge in [0, 0.05) is 17.0 Å². The smallest absolute Gasteiger partial charge is 0.418 e. The molecule has 0 aliphatic heterocycles. The predicted octanol–water partition coefficient (Wildman–Crippen LogP) is 7.52. The molecule has 39 heavy (non-hydrogen) atoms. The maximum Gasteiger partial charge on any atom is 0.418 e. The van der Waals surface area contributed by atoms with Crippen LogP contribution in [0.1, 0.15) is 57.4 Å². The quantitative estimate of drug-likeness (QED) is 0.275. The van der Waals surface area contributed by atoms with Gasteiger partial charge in [-0.3, -0.25) is 9.59 Å². The predicted molar refractivity (Wildman–Crippen MR) is 143 cm³/mol. The molecular weight excluding hydrogens is 531 g/mol. The zero-order chi connectivity index (χ0) is 28.3. The summed E-state index contributed by atoms with van der Waals surface area (Å²) in [5, 5.41) is 2.33. The Hall–Kier alpha value is -3.52. The van der Waals surface area contributed by atoms with Gasteiger partial charge in [0.1, 0.15) is 5.75 Å². The highest BCUT2D eigenvalue weighted by Gasteiger charge is 2.47. The summed E-state index contributed by atoms with van der Waals surface area (Å²) >= 11 is 6.21. The van der Waals surface area contributed by atoms with Crippen LogP contribution in [0.25, 0.3) is 0 Å². The first-order valence-electron chi connectivity index (χ1n) is 12.7. The van der Waals surface area contributed by atoms with Crippen molar-refractivity contribution < 1.29 is 32.2 Å². The van der Waals surface area contributed by atoms with E-state index in [0.29, 0.717) is 41.9 Å². The Morgan fingerprint density at radius 3 is 2.33 bits per heavy atom. The summed E-state index contributed by atoms with van der Waals surface area (Å²) in [5.74, 6) is -1.37. The molecule has 0 aromatic heterocycles. The van der Waals surface area contributed by atoms with Gasteiger partial charge in [-0.15, -0.1) is 0 Å². The van der Waals surface area contributed by atoms with Crippen molar-refractivity contribution >= 4 is 29.2 Å². The molecule has 3 aromatic carbocycles. The van der Waals surface area contributed by atoms with Gasteiger partial charge in [-0.1, -0.05) is 41.9 Å². The van der Waals surface area contributed by atoms with E-state index in [-0.39, 0.29) is 23.1 Å². The van der Waals surface area contributed by atoms with Crippen LogP contribution in [0.3, 0.4) is 0 Å². The number of halogens is 4. The van der Waals surface area contributed by atoms with Crippen molar-refractivity contribution in [1.82, 2.24) is 0 Å². The van der Waals surface area contributed by atoms with E-state index in [1.807, 2.05) is 30.3 Å². The standard InChI is InChI=1S/C30H29ClF3NO4/c1-4-38-29(37)23-14-21(23)22-15-26(24(16-25(22)31)30(32,33)34)35-28(36)27-17(2)12-20(13-18(27)3)39-11-10-19-8-6-5-7-9-19/h5-9,12-13,15-16,21,23H,4,10-11,14H2,1-3H3,(H,35,36)/t21-,23-/m1/s1. The zero-order valence-electron chi connectivity index (χ0n) is 21.8. The lowest BCUT2D eigenvalue weighted by molar-refractivity contribution is -0.144. The summed E-state index contributed by atoms with van der Waals surface area (Å²) in [7, 11) is 0. The SMILES string of the molecule is CCOC(=O)[C@@H]1C[C@@H]1c1cc(NC(=O)c2c(C)cc(OCCc3ccccc3)cc2C)c(C(F)(F)F)cc1Cl. The molecule has 4 rings (SSSR count). The third-order valence-electron chi connectivity index (χ3n) is 6.71. The van der Waals surface area contributed by atoms with Crippen molar-refractivity contribution in [2.75, 3.05) is 18.5 Å². The van der Waals surface area contributed by atoms with Crippen LogP contribution in [-0.4, -0.2) is 25.1 Å². The van der Waals surface area contributed by atoms with Gasteiger partial charge >= 0.3 is 12.1 Å². The number of carbonyl (C=O) groups is 2. The molecule has 0 heterocycles. The third-order valence-corrected chi connectivity index (χ3v) is 7.03. The number of alkyl halides is 3.